The van der Waals surface area contributed by atoms with Crippen LogP contribution in [0.3, 0.4) is 0 Å². The minimum Gasteiger partial charge on any atom is -0.490 e. The topological polar surface area (TPSA) is 89.1 Å². The van der Waals surface area contributed by atoms with Crippen LogP contribution in [0, 0.1) is 0 Å². The van der Waals surface area contributed by atoms with E-state index in [0.717, 1.165) is 17.9 Å². The summed E-state index contributed by atoms with van der Waals surface area (Å²) in [7, 11) is 0. The van der Waals surface area contributed by atoms with Gasteiger partial charge in [0.05, 0.1) is 26.4 Å². The minimum absolute atomic E-state index is 0. The highest BCUT2D eigenvalue weighted by Crippen LogP contribution is 2.32. The van der Waals surface area contributed by atoms with E-state index >= 15 is 0 Å². The summed E-state index contributed by atoms with van der Waals surface area (Å²) < 4.78 is 11.1. The first-order valence-corrected chi connectivity index (χ1v) is 5.87. The monoisotopic (exact) mass is 379 g/mol. The average molecular weight is 379 g/mol. The molecule has 106 valence electrons. The van der Waals surface area contributed by atoms with Crippen molar-refractivity contribution in [3.63, 3.8) is 0 Å². The van der Waals surface area contributed by atoms with Gasteiger partial charge in [-0.2, -0.15) is 0 Å². The minimum atomic E-state index is -0.0243. The van der Waals surface area contributed by atoms with E-state index < -0.39 is 0 Å². The van der Waals surface area contributed by atoms with Gasteiger partial charge in [-0.3, -0.25) is 4.99 Å². The van der Waals surface area contributed by atoms with Crippen molar-refractivity contribution in [1.82, 2.24) is 0 Å². The lowest BCUT2D eigenvalue weighted by Gasteiger charge is -2.10. The van der Waals surface area contributed by atoms with Gasteiger partial charge in [-0.15, -0.1) is 24.0 Å². The van der Waals surface area contributed by atoms with E-state index in [9.17, 15) is 0 Å². The van der Waals surface area contributed by atoms with Crippen molar-refractivity contribution in [2.45, 2.75) is 6.42 Å². The molecule has 0 saturated carbocycles. The number of benzene rings is 1. The first kappa shape index (κ1) is 15.8. The molecule has 2 rings (SSSR count). The number of nitrogens with two attached hydrogens (primary N) is 1. The maximum Gasteiger partial charge on any atom is 0.193 e. The number of halogens is 1. The van der Waals surface area contributed by atoms with Crippen LogP contribution in [0.15, 0.2) is 23.2 Å². The summed E-state index contributed by atoms with van der Waals surface area (Å²) in [5.41, 5.74) is 6.43. The maximum atomic E-state index is 8.64. The Labute approximate surface area is 129 Å². The van der Waals surface area contributed by atoms with Crippen molar-refractivity contribution in [2.75, 3.05) is 31.7 Å². The fraction of sp³-hybridized carbons (Fsp3) is 0.417. The standard InChI is InChI=1S/C12H17N3O3.HI/c13-12(14-4-5-16)15-9-2-3-10-11(8-9)18-7-1-6-17-10;/h2-3,8,16H,1,4-7H2,(H3,13,14,15);1H. The van der Waals surface area contributed by atoms with Gasteiger partial charge < -0.3 is 25.6 Å². The summed E-state index contributed by atoms with van der Waals surface area (Å²) in [6.45, 7) is 1.57. The van der Waals surface area contributed by atoms with E-state index in [1.165, 1.54) is 0 Å². The SMILES string of the molecule is I.NC(=NCCO)Nc1ccc2c(c1)OCCCO2. The van der Waals surface area contributed by atoms with Crippen molar-refractivity contribution >= 4 is 35.6 Å². The number of anilines is 1. The lowest BCUT2D eigenvalue weighted by atomic mass is 10.3. The molecule has 1 aromatic carbocycles. The molecule has 0 atom stereocenters. The van der Waals surface area contributed by atoms with Crippen LogP contribution >= 0.6 is 24.0 Å². The second kappa shape index (κ2) is 8.05. The normalized spacial score (nSPS) is 14.3. The molecule has 19 heavy (non-hydrogen) atoms. The molecule has 0 aliphatic carbocycles. The predicted octanol–water partition coefficient (Wildman–Crippen LogP) is 1.18. The quantitative estimate of drug-likeness (QED) is 0.417. The number of hydrogen-bond donors (Lipinski definition) is 3. The number of aliphatic imine (C=N–C) groups is 1. The fourth-order valence-corrected chi connectivity index (χ4v) is 1.60. The molecule has 1 aromatic rings. The van der Waals surface area contributed by atoms with Gasteiger partial charge in [-0.05, 0) is 12.1 Å². The van der Waals surface area contributed by atoms with Crippen molar-refractivity contribution in [3.05, 3.63) is 18.2 Å². The third kappa shape index (κ3) is 4.75. The van der Waals surface area contributed by atoms with Crippen LogP contribution < -0.4 is 20.5 Å². The molecule has 0 saturated heterocycles. The summed E-state index contributed by atoms with van der Waals surface area (Å²) in [5, 5.41) is 11.6. The van der Waals surface area contributed by atoms with Gasteiger partial charge in [-0.1, -0.05) is 0 Å². The van der Waals surface area contributed by atoms with Crippen LogP contribution in [0.4, 0.5) is 5.69 Å². The second-order valence-electron chi connectivity index (χ2n) is 3.83. The van der Waals surface area contributed by atoms with Crippen LogP contribution in [0.25, 0.3) is 0 Å². The highest BCUT2D eigenvalue weighted by Gasteiger charge is 2.10. The number of nitrogens with zero attached hydrogens (tertiary/aromatic N) is 1. The third-order valence-electron chi connectivity index (χ3n) is 2.40. The molecule has 0 spiro atoms. The molecular formula is C12H18IN3O3. The highest BCUT2D eigenvalue weighted by atomic mass is 127. The lowest BCUT2D eigenvalue weighted by molar-refractivity contribution is 0.297. The molecule has 0 fully saturated rings. The number of hydrogen-bond acceptors (Lipinski definition) is 4. The maximum absolute atomic E-state index is 8.64. The zero-order valence-electron chi connectivity index (χ0n) is 10.5. The summed E-state index contributed by atoms with van der Waals surface area (Å²) in [6.07, 6.45) is 0.873. The average Bonchev–Trinajstić information content (AvgIpc) is 2.61. The third-order valence-corrected chi connectivity index (χ3v) is 2.40. The molecule has 0 unspecified atom stereocenters. The predicted molar refractivity (Wildman–Crippen MR) is 84.7 cm³/mol. The smallest absolute Gasteiger partial charge is 0.193 e. The zero-order chi connectivity index (χ0) is 12.8. The second-order valence-corrected chi connectivity index (χ2v) is 3.83. The molecule has 1 aliphatic heterocycles. The summed E-state index contributed by atoms with van der Waals surface area (Å²) in [6, 6.07) is 5.50. The van der Waals surface area contributed by atoms with Gasteiger partial charge in [0.1, 0.15) is 0 Å². The van der Waals surface area contributed by atoms with E-state index in [2.05, 4.69) is 10.3 Å². The molecule has 4 N–H and O–H groups in total. The van der Waals surface area contributed by atoms with Gasteiger partial charge in [0, 0.05) is 18.2 Å². The molecule has 0 bridgehead atoms. The van der Waals surface area contributed by atoms with Crippen molar-refractivity contribution in [2.24, 2.45) is 10.7 Å². The molecule has 1 aliphatic rings. The number of nitrogens with one attached hydrogen (secondary N) is 1. The van der Waals surface area contributed by atoms with E-state index in [0.29, 0.717) is 19.0 Å². The molecule has 0 radical (unpaired) electrons. The Bertz CT molecular complexity index is 440. The molecule has 0 amide bonds. The Hall–Kier alpha value is -1.22. The first-order valence-electron chi connectivity index (χ1n) is 5.87. The summed E-state index contributed by atoms with van der Waals surface area (Å²) in [5.74, 6) is 1.70. The number of guanidine groups is 1. The van der Waals surface area contributed by atoms with Gasteiger partial charge in [-0.25, -0.2) is 0 Å². The van der Waals surface area contributed by atoms with Crippen molar-refractivity contribution in [1.29, 1.82) is 0 Å². The van der Waals surface area contributed by atoms with Gasteiger partial charge in [0.2, 0.25) is 0 Å². The number of fused-ring (bicyclic) bond motifs is 1. The largest absolute Gasteiger partial charge is 0.490 e. The zero-order valence-corrected chi connectivity index (χ0v) is 12.8. The number of aliphatic hydroxyl groups excluding tert-OH is 1. The van der Waals surface area contributed by atoms with Crippen LogP contribution in [0.5, 0.6) is 11.5 Å². The molecular weight excluding hydrogens is 361 g/mol. The molecule has 6 nitrogen and oxygen atoms in total. The molecule has 0 aromatic heterocycles. The molecule has 7 heteroatoms. The number of aliphatic hydroxyl groups is 1. The van der Waals surface area contributed by atoms with Crippen LogP contribution in [-0.4, -0.2) is 37.4 Å². The highest BCUT2D eigenvalue weighted by molar-refractivity contribution is 14.0. The van der Waals surface area contributed by atoms with Crippen LogP contribution in [0.1, 0.15) is 6.42 Å². The van der Waals surface area contributed by atoms with E-state index in [-0.39, 0.29) is 43.1 Å². The Kier molecular flexibility index (Phi) is 6.71. The van der Waals surface area contributed by atoms with E-state index in [1.54, 1.807) is 0 Å². The fourth-order valence-electron chi connectivity index (χ4n) is 1.60. The van der Waals surface area contributed by atoms with Gasteiger partial charge in [0.25, 0.3) is 0 Å². The van der Waals surface area contributed by atoms with Crippen molar-refractivity contribution < 1.29 is 14.6 Å². The first-order chi connectivity index (χ1) is 8.79. The van der Waals surface area contributed by atoms with Crippen molar-refractivity contribution in [3.8, 4) is 11.5 Å². The van der Waals surface area contributed by atoms with Gasteiger partial charge >= 0.3 is 0 Å². The van der Waals surface area contributed by atoms with E-state index in [4.69, 9.17) is 20.3 Å². The van der Waals surface area contributed by atoms with Crippen LogP contribution in [-0.2, 0) is 0 Å². The van der Waals surface area contributed by atoms with E-state index in [1.807, 2.05) is 18.2 Å². The van der Waals surface area contributed by atoms with Crippen LogP contribution in [0.2, 0.25) is 0 Å². The number of rotatable bonds is 3. The lowest BCUT2D eigenvalue weighted by Crippen LogP contribution is -2.23. The number of ether oxygens (including phenoxy) is 2. The Morgan fingerprint density at radius 3 is 2.79 bits per heavy atom. The molecule has 1 heterocycles. The Morgan fingerprint density at radius 2 is 2.05 bits per heavy atom. The Balaban J connectivity index is 0.00000180. The van der Waals surface area contributed by atoms with Gasteiger partial charge in [0.15, 0.2) is 17.5 Å². The summed E-state index contributed by atoms with van der Waals surface area (Å²) in [4.78, 5) is 3.93. The Morgan fingerprint density at radius 1 is 1.32 bits per heavy atom. The summed E-state index contributed by atoms with van der Waals surface area (Å²) >= 11 is 0.